The highest BCUT2D eigenvalue weighted by Gasteiger charge is 2.08. The third-order valence-electron chi connectivity index (χ3n) is 3.40. The van der Waals surface area contributed by atoms with Gasteiger partial charge in [0.1, 0.15) is 0 Å². The molecule has 3 aromatic rings. The summed E-state index contributed by atoms with van der Waals surface area (Å²) in [5.41, 5.74) is 3.13. The van der Waals surface area contributed by atoms with Gasteiger partial charge in [-0.3, -0.25) is 4.79 Å². The average molecular weight is 249 g/mol. The summed E-state index contributed by atoms with van der Waals surface area (Å²) >= 11 is 0. The average Bonchev–Trinajstić information content (AvgIpc) is 2.48. The van der Waals surface area contributed by atoms with E-state index in [2.05, 4.69) is 11.5 Å². The number of hydrogen-bond donors (Lipinski definition) is 0. The minimum absolute atomic E-state index is 0.0825. The summed E-state index contributed by atoms with van der Waals surface area (Å²) in [6.45, 7) is 2.94. The normalized spacial score (nSPS) is 10.8. The molecule has 0 radical (unpaired) electrons. The highest BCUT2D eigenvalue weighted by atomic mass is 16.1. The maximum absolute atomic E-state index is 12.2. The maximum Gasteiger partial charge on any atom is 0.190 e. The van der Waals surface area contributed by atoms with Crippen molar-refractivity contribution in [2.24, 2.45) is 0 Å². The molecular formula is C17H15NO. The van der Waals surface area contributed by atoms with E-state index in [0.29, 0.717) is 0 Å². The van der Waals surface area contributed by atoms with Crippen LogP contribution in [-0.2, 0) is 6.54 Å². The lowest BCUT2D eigenvalue weighted by molar-refractivity contribution is 0.796. The van der Waals surface area contributed by atoms with E-state index >= 15 is 0 Å². The van der Waals surface area contributed by atoms with Crippen LogP contribution in [0.4, 0.5) is 0 Å². The summed E-state index contributed by atoms with van der Waals surface area (Å²) in [5.74, 6) is 0. The Hall–Kier alpha value is -2.35. The van der Waals surface area contributed by atoms with Crippen molar-refractivity contribution >= 4 is 10.9 Å². The highest BCUT2D eigenvalue weighted by molar-refractivity contribution is 5.82. The summed E-state index contributed by atoms with van der Waals surface area (Å²) in [5, 5.41) is 0.782. The van der Waals surface area contributed by atoms with Crippen molar-refractivity contribution in [2.75, 3.05) is 0 Å². The largest absolute Gasteiger partial charge is 0.341 e. The Balaban J connectivity index is 2.41. The molecule has 2 nitrogen and oxygen atoms in total. The molecule has 0 aliphatic rings. The first kappa shape index (κ1) is 11.7. The first-order valence-electron chi connectivity index (χ1n) is 6.49. The SMILES string of the molecule is CCn1c(-c2ccccc2)cc(=O)c2ccccc21. The molecule has 0 aliphatic carbocycles. The van der Waals surface area contributed by atoms with Gasteiger partial charge in [-0.15, -0.1) is 0 Å². The van der Waals surface area contributed by atoms with E-state index in [1.54, 1.807) is 6.07 Å². The molecule has 0 atom stereocenters. The van der Waals surface area contributed by atoms with Gasteiger partial charge < -0.3 is 4.57 Å². The van der Waals surface area contributed by atoms with Crippen molar-refractivity contribution in [3.05, 3.63) is 70.9 Å². The molecule has 0 saturated carbocycles. The minimum atomic E-state index is 0.0825. The maximum atomic E-state index is 12.2. The van der Waals surface area contributed by atoms with E-state index in [0.717, 1.165) is 28.7 Å². The van der Waals surface area contributed by atoms with Crippen LogP contribution in [0, 0.1) is 0 Å². The molecule has 0 spiro atoms. The summed E-state index contributed by atoms with van der Waals surface area (Å²) in [6, 6.07) is 19.6. The molecule has 0 fully saturated rings. The molecule has 0 N–H and O–H groups in total. The van der Waals surface area contributed by atoms with Gasteiger partial charge in [0, 0.05) is 18.0 Å². The molecule has 2 heteroatoms. The highest BCUT2D eigenvalue weighted by Crippen LogP contribution is 2.22. The molecule has 1 heterocycles. The number of fused-ring (bicyclic) bond motifs is 1. The third kappa shape index (κ3) is 1.95. The van der Waals surface area contributed by atoms with Crippen LogP contribution in [0.25, 0.3) is 22.2 Å². The van der Waals surface area contributed by atoms with Crippen LogP contribution in [-0.4, -0.2) is 4.57 Å². The summed E-state index contributed by atoms with van der Waals surface area (Å²) < 4.78 is 2.19. The number of rotatable bonds is 2. The lowest BCUT2D eigenvalue weighted by atomic mass is 10.1. The Labute approximate surface area is 111 Å². The molecule has 0 bridgehead atoms. The summed E-state index contributed by atoms with van der Waals surface area (Å²) in [4.78, 5) is 12.2. The Morgan fingerprint density at radius 3 is 2.37 bits per heavy atom. The fourth-order valence-electron chi connectivity index (χ4n) is 2.52. The molecule has 2 aromatic carbocycles. The predicted molar refractivity (Wildman–Crippen MR) is 79.3 cm³/mol. The van der Waals surface area contributed by atoms with Crippen LogP contribution in [0.5, 0.6) is 0 Å². The van der Waals surface area contributed by atoms with Crippen LogP contribution in [0.3, 0.4) is 0 Å². The zero-order chi connectivity index (χ0) is 13.2. The smallest absolute Gasteiger partial charge is 0.190 e. The Morgan fingerprint density at radius 2 is 1.63 bits per heavy atom. The first-order valence-corrected chi connectivity index (χ1v) is 6.49. The number of para-hydroxylation sites is 1. The van der Waals surface area contributed by atoms with Gasteiger partial charge >= 0.3 is 0 Å². The topological polar surface area (TPSA) is 22.0 Å². The molecule has 1 aromatic heterocycles. The number of pyridine rings is 1. The van der Waals surface area contributed by atoms with Crippen molar-refractivity contribution in [2.45, 2.75) is 13.5 Å². The van der Waals surface area contributed by atoms with Crippen LogP contribution in [0.15, 0.2) is 65.5 Å². The van der Waals surface area contributed by atoms with Gasteiger partial charge in [0.2, 0.25) is 0 Å². The second-order valence-electron chi connectivity index (χ2n) is 4.52. The number of benzene rings is 2. The van der Waals surface area contributed by atoms with E-state index in [-0.39, 0.29) is 5.43 Å². The van der Waals surface area contributed by atoms with Crippen LogP contribution >= 0.6 is 0 Å². The van der Waals surface area contributed by atoms with Crippen molar-refractivity contribution in [1.29, 1.82) is 0 Å². The van der Waals surface area contributed by atoms with Crippen molar-refractivity contribution in [1.82, 2.24) is 4.57 Å². The molecule has 19 heavy (non-hydrogen) atoms. The van der Waals surface area contributed by atoms with Gasteiger partial charge in [0.05, 0.1) is 11.2 Å². The van der Waals surface area contributed by atoms with Crippen molar-refractivity contribution < 1.29 is 0 Å². The van der Waals surface area contributed by atoms with E-state index in [1.807, 2.05) is 54.6 Å². The molecular weight excluding hydrogens is 234 g/mol. The van der Waals surface area contributed by atoms with Crippen LogP contribution < -0.4 is 5.43 Å². The summed E-state index contributed by atoms with van der Waals surface area (Å²) in [6.07, 6.45) is 0. The Morgan fingerprint density at radius 1 is 0.947 bits per heavy atom. The van der Waals surface area contributed by atoms with Gasteiger partial charge in [0.25, 0.3) is 0 Å². The third-order valence-corrected chi connectivity index (χ3v) is 3.40. The van der Waals surface area contributed by atoms with Crippen LogP contribution in [0.1, 0.15) is 6.92 Å². The van der Waals surface area contributed by atoms with Gasteiger partial charge in [-0.05, 0) is 24.6 Å². The quantitative estimate of drug-likeness (QED) is 0.679. The van der Waals surface area contributed by atoms with E-state index < -0.39 is 0 Å². The number of hydrogen-bond acceptors (Lipinski definition) is 1. The van der Waals surface area contributed by atoms with Gasteiger partial charge in [-0.25, -0.2) is 0 Å². The molecule has 0 aliphatic heterocycles. The van der Waals surface area contributed by atoms with Crippen molar-refractivity contribution in [3.8, 4) is 11.3 Å². The molecule has 0 saturated heterocycles. The molecule has 3 rings (SSSR count). The minimum Gasteiger partial charge on any atom is -0.341 e. The van der Waals surface area contributed by atoms with Crippen LogP contribution in [0.2, 0.25) is 0 Å². The number of aromatic nitrogens is 1. The summed E-state index contributed by atoms with van der Waals surface area (Å²) in [7, 11) is 0. The Kier molecular flexibility index (Phi) is 2.92. The lowest BCUT2D eigenvalue weighted by Crippen LogP contribution is -2.10. The van der Waals surface area contributed by atoms with Gasteiger partial charge in [0.15, 0.2) is 5.43 Å². The molecule has 94 valence electrons. The number of aryl methyl sites for hydroxylation is 1. The fraction of sp³-hybridized carbons (Fsp3) is 0.118. The molecule has 0 amide bonds. The molecule has 0 unspecified atom stereocenters. The second-order valence-corrected chi connectivity index (χ2v) is 4.52. The fourth-order valence-corrected chi connectivity index (χ4v) is 2.52. The first-order chi connectivity index (χ1) is 9.31. The van der Waals surface area contributed by atoms with Gasteiger partial charge in [-0.2, -0.15) is 0 Å². The van der Waals surface area contributed by atoms with E-state index in [1.165, 1.54) is 0 Å². The zero-order valence-electron chi connectivity index (χ0n) is 10.8. The number of nitrogens with zero attached hydrogens (tertiary/aromatic N) is 1. The van der Waals surface area contributed by atoms with E-state index in [9.17, 15) is 4.79 Å². The standard InChI is InChI=1S/C17H15NO/c1-2-18-15-11-7-6-10-14(15)17(19)12-16(18)13-8-4-3-5-9-13/h3-12H,2H2,1H3. The van der Waals surface area contributed by atoms with E-state index in [4.69, 9.17) is 0 Å². The van der Waals surface area contributed by atoms with Crippen molar-refractivity contribution in [3.63, 3.8) is 0 Å². The zero-order valence-corrected chi connectivity index (χ0v) is 10.8. The lowest BCUT2D eigenvalue weighted by Gasteiger charge is -2.15. The monoisotopic (exact) mass is 249 g/mol. The second kappa shape index (κ2) is 4.73. The Bertz CT molecular complexity index is 772. The predicted octanol–water partition coefficient (Wildman–Crippen LogP) is 3.69. The van der Waals surface area contributed by atoms with Gasteiger partial charge in [-0.1, -0.05) is 42.5 Å².